The van der Waals surface area contributed by atoms with Gasteiger partial charge in [-0.15, -0.1) is 11.3 Å². The first-order valence-corrected chi connectivity index (χ1v) is 17.9. The Hall–Kier alpha value is -6.63. The summed E-state index contributed by atoms with van der Waals surface area (Å²) in [5.74, 6) is 1.86. The Labute approximate surface area is 296 Å². The third-order valence-corrected chi connectivity index (χ3v) is 11.2. The lowest BCUT2D eigenvalue weighted by molar-refractivity contribution is 0.956. The third kappa shape index (κ3) is 4.17. The lowest BCUT2D eigenvalue weighted by Crippen LogP contribution is -2.06. The van der Waals surface area contributed by atoms with Crippen molar-refractivity contribution in [2.75, 3.05) is 0 Å². The average molecular weight is 670 g/mol. The SMILES string of the molecule is c1ccc(-c2nc(-c3cccc4c3c3ccccc3n4-c3ccccc3)nc(-n3c4ccccc4c4ccc5c6ccccc6sc5c43)n2)cc1. The number of hydrogen-bond donors (Lipinski definition) is 0. The normalized spacial score (nSPS) is 11.9. The number of fused-ring (bicyclic) bond motifs is 10. The summed E-state index contributed by atoms with van der Waals surface area (Å²) in [5.41, 5.74) is 7.43. The molecule has 6 heteroatoms. The van der Waals surface area contributed by atoms with Gasteiger partial charge >= 0.3 is 0 Å². The first-order chi connectivity index (χ1) is 25.3. The molecule has 11 aromatic rings. The number of aromatic nitrogens is 5. The smallest absolute Gasteiger partial charge is 0.238 e. The number of nitrogens with zero attached hydrogens (tertiary/aromatic N) is 5. The second kappa shape index (κ2) is 10.9. The monoisotopic (exact) mass is 669 g/mol. The van der Waals surface area contributed by atoms with Crippen molar-refractivity contribution in [2.45, 2.75) is 0 Å². The summed E-state index contributed by atoms with van der Waals surface area (Å²) < 4.78 is 7.08. The van der Waals surface area contributed by atoms with Gasteiger partial charge < -0.3 is 4.57 Å². The standard InChI is InChI=1S/C45H27N5S/c1-3-14-28(15-4-1)43-46-44(35-21-13-24-38-40(35)34-20-8-11-23-37(34)49(38)29-16-5-2-6-17-29)48-45(47-43)50-36-22-10-7-18-30(36)32-26-27-33-31-19-9-12-25-39(31)51-42(33)41(32)50/h1-27H. The van der Waals surface area contributed by atoms with Crippen LogP contribution < -0.4 is 0 Å². The topological polar surface area (TPSA) is 48.5 Å². The molecule has 0 aliphatic heterocycles. The second-order valence-electron chi connectivity index (χ2n) is 12.8. The van der Waals surface area contributed by atoms with Crippen molar-refractivity contribution in [2.24, 2.45) is 0 Å². The van der Waals surface area contributed by atoms with E-state index >= 15 is 0 Å². The van der Waals surface area contributed by atoms with Gasteiger partial charge in [-0.05, 0) is 36.4 Å². The van der Waals surface area contributed by atoms with E-state index in [1.54, 1.807) is 0 Å². The Bertz CT molecular complexity index is 3140. The minimum Gasteiger partial charge on any atom is -0.309 e. The van der Waals surface area contributed by atoms with Gasteiger partial charge in [0.1, 0.15) is 0 Å². The van der Waals surface area contributed by atoms with Crippen molar-refractivity contribution in [3.05, 3.63) is 164 Å². The quantitative estimate of drug-likeness (QED) is 0.187. The van der Waals surface area contributed by atoms with Crippen LogP contribution in [0.25, 0.3) is 98.2 Å². The van der Waals surface area contributed by atoms with E-state index in [1.165, 1.54) is 30.9 Å². The summed E-state index contributed by atoms with van der Waals surface area (Å²) >= 11 is 1.83. The van der Waals surface area contributed by atoms with Gasteiger partial charge in [0, 0.05) is 53.8 Å². The van der Waals surface area contributed by atoms with Crippen LogP contribution in [0.5, 0.6) is 0 Å². The minimum absolute atomic E-state index is 0.596. The summed E-state index contributed by atoms with van der Waals surface area (Å²) in [4.78, 5) is 15.9. The van der Waals surface area contributed by atoms with Crippen LogP contribution in [0.4, 0.5) is 0 Å². The molecule has 0 unspecified atom stereocenters. The molecule has 11 rings (SSSR count). The lowest BCUT2D eigenvalue weighted by Gasteiger charge is -2.12. The van der Waals surface area contributed by atoms with E-state index in [4.69, 9.17) is 15.0 Å². The van der Waals surface area contributed by atoms with Crippen LogP contribution in [0.3, 0.4) is 0 Å². The molecular weight excluding hydrogens is 643 g/mol. The summed E-state index contributed by atoms with van der Waals surface area (Å²) in [6.45, 7) is 0. The maximum absolute atomic E-state index is 5.41. The maximum Gasteiger partial charge on any atom is 0.238 e. The number of rotatable bonds is 4. The van der Waals surface area contributed by atoms with Crippen LogP contribution in [0.1, 0.15) is 0 Å². The van der Waals surface area contributed by atoms with Crippen LogP contribution in [0.2, 0.25) is 0 Å². The largest absolute Gasteiger partial charge is 0.309 e. The molecule has 4 heterocycles. The maximum atomic E-state index is 5.41. The molecule has 0 saturated carbocycles. The third-order valence-electron chi connectivity index (χ3n) is 9.99. The zero-order valence-corrected chi connectivity index (χ0v) is 28.0. The molecule has 238 valence electrons. The zero-order chi connectivity index (χ0) is 33.5. The highest BCUT2D eigenvalue weighted by Crippen LogP contribution is 2.43. The number of benzene rings is 7. The van der Waals surface area contributed by atoms with Gasteiger partial charge in [0.2, 0.25) is 5.95 Å². The van der Waals surface area contributed by atoms with E-state index in [-0.39, 0.29) is 0 Å². The van der Waals surface area contributed by atoms with E-state index in [2.05, 4.69) is 155 Å². The fourth-order valence-corrected chi connectivity index (χ4v) is 9.04. The molecule has 0 bridgehead atoms. The molecule has 0 amide bonds. The van der Waals surface area contributed by atoms with Crippen molar-refractivity contribution in [1.82, 2.24) is 24.1 Å². The predicted molar refractivity (Wildman–Crippen MR) is 212 cm³/mol. The fourth-order valence-electron chi connectivity index (χ4n) is 7.80. The molecular formula is C45H27N5S. The highest BCUT2D eigenvalue weighted by molar-refractivity contribution is 7.26. The highest BCUT2D eigenvalue weighted by Gasteiger charge is 2.23. The van der Waals surface area contributed by atoms with Gasteiger partial charge in [-0.3, -0.25) is 4.57 Å². The summed E-state index contributed by atoms with van der Waals surface area (Å²) in [5, 5.41) is 7.12. The summed E-state index contributed by atoms with van der Waals surface area (Å²) in [6.07, 6.45) is 0. The number of thiophene rings is 1. The Morgan fingerprint density at radius 1 is 0.412 bits per heavy atom. The van der Waals surface area contributed by atoms with Crippen molar-refractivity contribution < 1.29 is 0 Å². The van der Waals surface area contributed by atoms with Crippen LogP contribution in [0.15, 0.2) is 164 Å². The van der Waals surface area contributed by atoms with Crippen molar-refractivity contribution in [1.29, 1.82) is 0 Å². The van der Waals surface area contributed by atoms with E-state index in [1.807, 2.05) is 29.5 Å². The van der Waals surface area contributed by atoms with Gasteiger partial charge in [0.25, 0.3) is 0 Å². The Morgan fingerprint density at radius 3 is 1.86 bits per heavy atom. The molecule has 0 atom stereocenters. The molecule has 0 saturated heterocycles. The first-order valence-electron chi connectivity index (χ1n) is 17.0. The van der Waals surface area contributed by atoms with Gasteiger partial charge in [-0.1, -0.05) is 127 Å². The lowest BCUT2D eigenvalue weighted by atomic mass is 10.1. The van der Waals surface area contributed by atoms with Gasteiger partial charge in [-0.2, -0.15) is 9.97 Å². The molecule has 4 aromatic heterocycles. The van der Waals surface area contributed by atoms with Crippen LogP contribution in [0, 0.1) is 0 Å². The van der Waals surface area contributed by atoms with Gasteiger partial charge in [-0.25, -0.2) is 4.98 Å². The Balaban J connectivity index is 1.27. The van der Waals surface area contributed by atoms with Crippen LogP contribution >= 0.6 is 11.3 Å². The average Bonchev–Trinajstić information content (AvgIpc) is 3.86. The zero-order valence-electron chi connectivity index (χ0n) is 27.2. The van der Waals surface area contributed by atoms with Gasteiger partial charge in [0.15, 0.2) is 11.6 Å². The molecule has 5 nitrogen and oxygen atoms in total. The van der Waals surface area contributed by atoms with E-state index in [0.29, 0.717) is 17.6 Å². The molecule has 0 fully saturated rings. The van der Waals surface area contributed by atoms with Crippen molar-refractivity contribution in [3.8, 4) is 34.4 Å². The van der Waals surface area contributed by atoms with E-state index in [0.717, 1.165) is 49.7 Å². The molecule has 51 heavy (non-hydrogen) atoms. The molecule has 0 aliphatic rings. The number of para-hydroxylation sites is 3. The van der Waals surface area contributed by atoms with Gasteiger partial charge in [0.05, 0.1) is 26.8 Å². The molecule has 7 aromatic carbocycles. The highest BCUT2D eigenvalue weighted by atomic mass is 32.1. The molecule has 0 aliphatic carbocycles. The van der Waals surface area contributed by atoms with E-state index < -0.39 is 0 Å². The minimum atomic E-state index is 0.596. The Kier molecular flexibility index (Phi) is 6.05. The van der Waals surface area contributed by atoms with Crippen molar-refractivity contribution in [3.63, 3.8) is 0 Å². The van der Waals surface area contributed by atoms with Crippen LogP contribution in [-0.2, 0) is 0 Å². The first kappa shape index (κ1) is 28.2. The van der Waals surface area contributed by atoms with Crippen LogP contribution in [-0.4, -0.2) is 24.1 Å². The molecule has 0 radical (unpaired) electrons. The second-order valence-corrected chi connectivity index (χ2v) is 13.9. The predicted octanol–water partition coefficient (Wildman–Crippen LogP) is 11.8. The summed E-state index contributed by atoms with van der Waals surface area (Å²) in [6, 6.07) is 57.6. The molecule has 0 N–H and O–H groups in total. The molecule has 0 spiro atoms. The van der Waals surface area contributed by atoms with E-state index in [9.17, 15) is 0 Å². The van der Waals surface area contributed by atoms with Crippen molar-refractivity contribution >= 4 is 75.1 Å². The fraction of sp³-hybridized carbons (Fsp3) is 0. The Morgan fingerprint density at radius 2 is 1.04 bits per heavy atom. The summed E-state index contributed by atoms with van der Waals surface area (Å²) in [7, 11) is 0. The number of hydrogen-bond acceptors (Lipinski definition) is 4.